The second-order valence-corrected chi connectivity index (χ2v) is 7.05. The highest BCUT2D eigenvalue weighted by atomic mass is 79.9. The van der Waals surface area contributed by atoms with Crippen LogP contribution in [0.15, 0.2) is 22.7 Å². The predicted octanol–water partition coefficient (Wildman–Crippen LogP) is 3.92. The molecule has 0 radical (unpaired) electrons. The lowest BCUT2D eigenvalue weighted by Crippen LogP contribution is -2.46. The summed E-state index contributed by atoms with van der Waals surface area (Å²) in [5, 5.41) is 3.46. The third kappa shape index (κ3) is 2.82. The summed E-state index contributed by atoms with van der Waals surface area (Å²) in [6.07, 6.45) is 5.45. The van der Waals surface area contributed by atoms with Gasteiger partial charge in [0.05, 0.1) is 6.61 Å². The largest absolute Gasteiger partial charge is 0.493 e. The molecule has 1 heterocycles. The van der Waals surface area contributed by atoms with E-state index in [1.54, 1.807) is 0 Å². The molecule has 1 aromatic rings. The van der Waals surface area contributed by atoms with E-state index in [2.05, 4.69) is 40.3 Å². The Morgan fingerprint density at radius 1 is 1.32 bits per heavy atom. The lowest BCUT2D eigenvalue weighted by molar-refractivity contribution is -0.00216. The van der Waals surface area contributed by atoms with Gasteiger partial charge in [-0.05, 0) is 69.2 Å². The molecule has 3 heteroatoms. The third-order valence-electron chi connectivity index (χ3n) is 4.80. The van der Waals surface area contributed by atoms with Crippen LogP contribution in [0, 0.1) is 18.3 Å². The van der Waals surface area contributed by atoms with Crippen LogP contribution < -0.4 is 10.1 Å². The van der Waals surface area contributed by atoms with Gasteiger partial charge in [0.25, 0.3) is 0 Å². The molecule has 1 aromatic carbocycles. The van der Waals surface area contributed by atoms with Gasteiger partial charge in [-0.25, -0.2) is 0 Å². The average molecular weight is 324 g/mol. The molecule has 0 bridgehead atoms. The summed E-state index contributed by atoms with van der Waals surface area (Å²) in [6.45, 7) is 5.40. The van der Waals surface area contributed by atoms with Crippen molar-refractivity contribution in [3.63, 3.8) is 0 Å². The average Bonchev–Trinajstić information content (AvgIpc) is 2.39. The molecule has 0 atom stereocenters. The Kier molecular flexibility index (Phi) is 3.86. The molecule has 2 fully saturated rings. The zero-order valence-corrected chi connectivity index (χ0v) is 13.1. The first-order valence-electron chi connectivity index (χ1n) is 7.27. The number of piperidine rings is 1. The molecule has 1 saturated carbocycles. The van der Waals surface area contributed by atoms with Gasteiger partial charge in [0.15, 0.2) is 0 Å². The summed E-state index contributed by atoms with van der Waals surface area (Å²) in [5.74, 6) is 1.79. The second kappa shape index (κ2) is 5.45. The Morgan fingerprint density at radius 2 is 2.05 bits per heavy atom. The van der Waals surface area contributed by atoms with E-state index in [1.165, 1.54) is 44.3 Å². The maximum Gasteiger partial charge on any atom is 0.123 e. The Hall–Kier alpha value is -0.540. The van der Waals surface area contributed by atoms with Crippen molar-refractivity contribution in [1.82, 2.24) is 5.32 Å². The zero-order chi connectivity index (χ0) is 13.3. The minimum absolute atomic E-state index is 0.658. The smallest absolute Gasteiger partial charge is 0.123 e. The van der Waals surface area contributed by atoms with E-state index in [0.29, 0.717) is 5.41 Å². The molecule has 1 aliphatic carbocycles. The van der Waals surface area contributed by atoms with Crippen molar-refractivity contribution in [2.75, 3.05) is 19.7 Å². The molecular weight excluding hydrogens is 302 g/mol. The van der Waals surface area contributed by atoms with Gasteiger partial charge in [-0.2, -0.15) is 0 Å². The van der Waals surface area contributed by atoms with Crippen LogP contribution in [0.3, 0.4) is 0 Å². The van der Waals surface area contributed by atoms with Gasteiger partial charge in [0.2, 0.25) is 0 Å². The quantitative estimate of drug-likeness (QED) is 0.910. The minimum atomic E-state index is 0.658. The molecule has 0 amide bonds. The number of benzene rings is 1. The van der Waals surface area contributed by atoms with Gasteiger partial charge in [0, 0.05) is 10.0 Å². The fraction of sp³-hybridized carbons (Fsp3) is 0.625. The van der Waals surface area contributed by atoms with Crippen LogP contribution in [0.25, 0.3) is 0 Å². The molecule has 19 heavy (non-hydrogen) atoms. The molecule has 1 saturated heterocycles. The first kappa shape index (κ1) is 13.4. The first-order valence-corrected chi connectivity index (χ1v) is 8.06. The van der Waals surface area contributed by atoms with Crippen LogP contribution in [0.2, 0.25) is 0 Å². The molecule has 1 aliphatic heterocycles. The Bertz CT molecular complexity index is 446. The van der Waals surface area contributed by atoms with E-state index < -0.39 is 0 Å². The maximum atomic E-state index is 6.01. The summed E-state index contributed by atoms with van der Waals surface area (Å²) < 4.78 is 7.14. The number of hydrogen-bond donors (Lipinski definition) is 1. The van der Waals surface area contributed by atoms with Crippen molar-refractivity contribution in [3.05, 3.63) is 28.2 Å². The summed E-state index contributed by atoms with van der Waals surface area (Å²) in [6, 6.07) is 6.18. The zero-order valence-electron chi connectivity index (χ0n) is 11.5. The van der Waals surface area contributed by atoms with Crippen molar-refractivity contribution < 1.29 is 4.74 Å². The first-order chi connectivity index (χ1) is 9.19. The Balaban J connectivity index is 1.50. The van der Waals surface area contributed by atoms with Gasteiger partial charge in [-0.1, -0.05) is 22.0 Å². The Labute approximate surface area is 124 Å². The van der Waals surface area contributed by atoms with Crippen LogP contribution >= 0.6 is 15.9 Å². The van der Waals surface area contributed by atoms with Crippen molar-refractivity contribution in [3.8, 4) is 5.75 Å². The van der Waals surface area contributed by atoms with E-state index in [1.807, 2.05) is 6.07 Å². The summed E-state index contributed by atoms with van der Waals surface area (Å²) in [7, 11) is 0. The number of halogens is 1. The van der Waals surface area contributed by atoms with Gasteiger partial charge in [-0.3, -0.25) is 0 Å². The highest BCUT2D eigenvalue weighted by molar-refractivity contribution is 9.10. The van der Waals surface area contributed by atoms with Crippen molar-refractivity contribution in [2.45, 2.75) is 32.6 Å². The molecule has 3 rings (SSSR count). The van der Waals surface area contributed by atoms with E-state index in [-0.39, 0.29) is 0 Å². The van der Waals surface area contributed by atoms with Crippen molar-refractivity contribution in [1.29, 1.82) is 0 Å². The molecule has 0 aromatic heterocycles. The molecule has 0 unspecified atom stereocenters. The summed E-state index contributed by atoms with van der Waals surface area (Å²) >= 11 is 3.55. The number of ether oxygens (including phenoxy) is 1. The second-order valence-electron chi connectivity index (χ2n) is 6.20. The van der Waals surface area contributed by atoms with Crippen LogP contribution in [0.4, 0.5) is 0 Å². The molecular formula is C16H22BrNO. The summed E-state index contributed by atoms with van der Waals surface area (Å²) in [4.78, 5) is 0. The fourth-order valence-corrected chi connectivity index (χ4v) is 3.95. The van der Waals surface area contributed by atoms with Crippen molar-refractivity contribution >= 4 is 15.9 Å². The van der Waals surface area contributed by atoms with Crippen LogP contribution in [0.5, 0.6) is 5.75 Å². The number of nitrogens with one attached hydrogen (secondary N) is 1. The van der Waals surface area contributed by atoms with Crippen LogP contribution in [-0.2, 0) is 0 Å². The predicted molar refractivity (Wildman–Crippen MR) is 81.6 cm³/mol. The van der Waals surface area contributed by atoms with Crippen LogP contribution in [0.1, 0.15) is 31.2 Å². The number of hydrogen-bond acceptors (Lipinski definition) is 2. The van der Waals surface area contributed by atoms with Gasteiger partial charge < -0.3 is 10.1 Å². The standard InChI is InChI=1S/C16H22BrNO/c1-12-14(17)3-2-4-15(12)19-11-13-9-16(10-13)5-7-18-8-6-16/h2-4,13,18H,5-11H2,1H3. The Morgan fingerprint density at radius 3 is 2.79 bits per heavy atom. The highest BCUT2D eigenvalue weighted by Crippen LogP contribution is 2.51. The van der Waals surface area contributed by atoms with Gasteiger partial charge in [0.1, 0.15) is 5.75 Å². The molecule has 2 nitrogen and oxygen atoms in total. The van der Waals surface area contributed by atoms with E-state index in [4.69, 9.17) is 4.74 Å². The van der Waals surface area contributed by atoms with E-state index >= 15 is 0 Å². The lowest BCUT2D eigenvalue weighted by atomic mass is 9.58. The molecule has 1 spiro atoms. The lowest BCUT2D eigenvalue weighted by Gasteiger charge is -2.50. The van der Waals surface area contributed by atoms with Crippen LogP contribution in [-0.4, -0.2) is 19.7 Å². The molecule has 1 N–H and O–H groups in total. The van der Waals surface area contributed by atoms with E-state index in [9.17, 15) is 0 Å². The number of rotatable bonds is 3. The highest BCUT2D eigenvalue weighted by Gasteiger charge is 2.44. The monoisotopic (exact) mass is 323 g/mol. The fourth-order valence-electron chi connectivity index (χ4n) is 3.60. The third-order valence-corrected chi connectivity index (χ3v) is 5.66. The molecule has 2 aliphatic rings. The maximum absolute atomic E-state index is 6.01. The van der Waals surface area contributed by atoms with Gasteiger partial charge in [-0.15, -0.1) is 0 Å². The van der Waals surface area contributed by atoms with Crippen molar-refractivity contribution in [2.24, 2.45) is 11.3 Å². The minimum Gasteiger partial charge on any atom is -0.493 e. The summed E-state index contributed by atoms with van der Waals surface area (Å²) in [5.41, 5.74) is 1.87. The van der Waals surface area contributed by atoms with E-state index in [0.717, 1.165) is 22.7 Å². The normalized spacial score (nSPS) is 22.2. The SMILES string of the molecule is Cc1c(Br)cccc1OCC1CC2(CCNCC2)C1. The molecule has 104 valence electrons. The topological polar surface area (TPSA) is 21.3 Å². The van der Waals surface area contributed by atoms with Gasteiger partial charge >= 0.3 is 0 Å².